The number of nitrogens with one attached hydrogen (secondary N) is 1. The fraction of sp³-hybridized carbons (Fsp3) is 0.731. The first-order valence-electron chi connectivity index (χ1n) is 13.2. The van der Waals surface area contributed by atoms with Crippen LogP contribution >= 0.6 is 15.9 Å². The van der Waals surface area contributed by atoms with Crippen LogP contribution in [0, 0.1) is 5.82 Å². The van der Waals surface area contributed by atoms with E-state index in [9.17, 15) is 9.00 Å². The quantitative estimate of drug-likeness (QED) is 0.312. The second-order valence-corrected chi connectivity index (χ2v) is 20.8. The summed E-state index contributed by atoms with van der Waals surface area (Å²) in [5, 5.41) is 2.92. The zero-order valence-corrected chi connectivity index (χ0v) is 27.0. The number of carbonyl (C=O) groups is 1. The molecule has 0 aromatic carbocycles. The molecule has 0 spiro atoms. The van der Waals surface area contributed by atoms with Crippen molar-refractivity contribution in [1.82, 2.24) is 10.3 Å². The molecule has 0 radical (unpaired) electrons. The van der Waals surface area contributed by atoms with Crippen LogP contribution in [0.2, 0.25) is 18.1 Å². The first-order chi connectivity index (χ1) is 17.0. The number of aromatic nitrogens is 1. The second-order valence-electron chi connectivity index (χ2n) is 11.8. The summed E-state index contributed by atoms with van der Waals surface area (Å²) in [6.07, 6.45) is 0.612. The van der Waals surface area contributed by atoms with Gasteiger partial charge in [0.1, 0.15) is 37.8 Å². The van der Waals surface area contributed by atoms with E-state index in [0.29, 0.717) is 17.6 Å². The fourth-order valence-corrected chi connectivity index (χ4v) is 13.3. The van der Waals surface area contributed by atoms with Gasteiger partial charge in [-0.3, -0.25) is 10.3 Å². The summed E-state index contributed by atoms with van der Waals surface area (Å²) in [5.41, 5.74) is -1.86. The Balaban J connectivity index is 2.33. The van der Waals surface area contributed by atoms with Crippen LogP contribution in [0.1, 0.15) is 80.8 Å². The summed E-state index contributed by atoms with van der Waals surface area (Å²) in [6, 6.07) is 4.53. The maximum atomic E-state index is 16.7. The molecule has 2 aliphatic rings. The molecule has 3 heterocycles. The molecule has 7 nitrogen and oxygen atoms in total. The largest absolute Gasteiger partial charge is 0.444 e. The topological polar surface area (TPSA) is 93.0 Å². The highest BCUT2D eigenvalue weighted by molar-refractivity contribution is 9.10. The highest BCUT2D eigenvalue weighted by atomic mass is 79.9. The summed E-state index contributed by atoms with van der Waals surface area (Å²) in [4.78, 5) is 22.5. The number of alkyl carbamates (subject to hydrolysis) is 1. The Kier molecular flexibility index (Phi) is 8.44. The van der Waals surface area contributed by atoms with E-state index in [1.165, 1.54) is 0 Å². The number of pyridine rings is 1. The molecule has 0 saturated heterocycles. The van der Waals surface area contributed by atoms with E-state index in [1.807, 2.05) is 6.07 Å². The van der Waals surface area contributed by atoms with E-state index in [1.54, 1.807) is 41.5 Å². The van der Waals surface area contributed by atoms with Crippen LogP contribution < -0.4 is 10.5 Å². The van der Waals surface area contributed by atoms with Crippen molar-refractivity contribution in [2.75, 3.05) is 6.54 Å². The van der Waals surface area contributed by atoms with Gasteiger partial charge < -0.3 is 4.74 Å². The van der Waals surface area contributed by atoms with Gasteiger partial charge in [-0.25, -0.2) is 22.7 Å². The highest BCUT2D eigenvalue weighted by Crippen LogP contribution is 2.47. The predicted octanol–water partition coefficient (Wildman–Crippen LogP) is 6.26. The standard InChI is InChI=1S/C26H42BrFN4O3SSi/c1-10-37(11-2,12-3)17-16-19(27)30-21(20(17)28)26(9)18-14-13-15-29-36(18,34)25(7,8)22(32-26)31-23(33)35-24(4,5)6/h16,18H,10-15H2,1-9H3,(H,31,32,33)/t18-,26+,36-/m1/s1. The van der Waals surface area contributed by atoms with E-state index in [-0.39, 0.29) is 17.3 Å². The number of amides is 1. The van der Waals surface area contributed by atoms with Crippen LogP contribution in [-0.2, 0) is 20.0 Å². The van der Waals surface area contributed by atoms with Gasteiger partial charge in [-0.05, 0) is 81.6 Å². The minimum Gasteiger partial charge on any atom is -0.444 e. The van der Waals surface area contributed by atoms with Gasteiger partial charge in [0.05, 0.1) is 23.1 Å². The number of ether oxygens (including phenoxy) is 1. The molecule has 11 heteroatoms. The summed E-state index contributed by atoms with van der Waals surface area (Å²) in [5.74, 6) is -0.181. The van der Waals surface area contributed by atoms with Crippen LogP contribution in [0.15, 0.2) is 20.0 Å². The Bertz CT molecular complexity index is 1210. The molecule has 2 aliphatic heterocycles. The number of amidine groups is 1. The fourth-order valence-electron chi connectivity index (χ4n) is 5.74. The van der Waals surface area contributed by atoms with Crippen molar-refractivity contribution in [1.29, 1.82) is 0 Å². The van der Waals surface area contributed by atoms with Gasteiger partial charge in [0.2, 0.25) is 0 Å². The Hall–Kier alpha value is -1.33. The maximum absolute atomic E-state index is 16.7. The molecule has 0 fully saturated rings. The van der Waals surface area contributed by atoms with E-state index in [2.05, 4.69) is 51.4 Å². The van der Waals surface area contributed by atoms with E-state index >= 15 is 4.39 Å². The van der Waals surface area contributed by atoms with E-state index < -0.39 is 45.0 Å². The average Bonchev–Trinajstić information content (AvgIpc) is 2.80. The van der Waals surface area contributed by atoms with Crippen molar-refractivity contribution >= 4 is 50.8 Å². The minimum atomic E-state index is -2.99. The smallest absolute Gasteiger partial charge is 0.413 e. The highest BCUT2D eigenvalue weighted by Gasteiger charge is 2.58. The SMILES string of the molecule is CC[Si](CC)(CC)c1cc(Br)nc([C@@]2(C)N=C(NC(=O)OC(C)(C)C)C(C)(C)[S@@]3(=O)=NCCC[C@H]23)c1F. The van der Waals surface area contributed by atoms with E-state index in [0.717, 1.165) is 29.7 Å². The average molecular weight is 618 g/mol. The molecule has 1 aromatic heterocycles. The normalized spacial score (nSPS) is 27.5. The lowest BCUT2D eigenvalue weighted by atomic mass is 9.89. The molecule has 1 amide bonds. The lowest BCUT2D eigenvalue weighted by Gasteiger charge is -2.48. The minimum absolute atomic E-state index is 0.165. The van der Waals surface area contributed by atoms with Crippen LogP contribution in [0.3, 0.4) is 0 Å². The van der Waals surface area contributed by atoms with Crippen molar-refractivity contribution in [3.05, 3.63) is 22.2 Å². The summed E-state index contributed by atoms with van der Waals surface area (Å²) in [6.45, 7) is 17.5. The maximum Gasteiger partial charge on any atom is 0.413 e. The van der Waals surface area contributed by atoms with Crippen LogP contribution in [-0.4, -0.2) is 51.3 Å². The van der Waals surface area contributed by atoms with Crippen molar-refractivity contribution in [2.24, 2.45) is 9.36 Å². The van der Waals surface area contributed by atoms with Gasteiger partial charge in [-0.15, -0.1) is 0 Å². The molecular weight excluding hydrogens is 575 g/mol. The molecule has 0 saturated carbocycles. The number of hydrogen-bond donors (Lipinski definition) is 1. The van der Waals surface area contributed by atoms with Crippen LogP contribution in [0.5, 0.6) is 0 Å². The number of fused-ring (bicyclic) bond motifs is 1. The monoisotopic (exact) mass is 616 g/mol. The molecule has 0 bridgehead atoms. The summed E-state index contributed by atoms with van der Waals surface area (Å²) < 4.78 is 41.0. The van der Waals surface area contributed by atoms with Gasteiger partial charge in [0.15, 0.2) is 0 Å². The molecule has 1 aromatic rings. The van der Waals surface area contributed by atoms with Crippen molar-refractivity contribution in [3.63, 3.8) is 0 Å². The zero-order valence-electron chi connectivity index (χ0n) is 23.6. The Morgan fingerprint density at radius 3 is 2.38 bits per heavy atom. The molecule has 37 heavy (non-hydrogen) atoms. The molecule has 1 N–H and O–H groups in total. The third kappa shape index (κ3) is 5.16. The second kappa shape index (κ2) is 10.3. The number of hydrogen-bond acceptors (Lipinski definition) is 6. The van der Waals surface area contributed by atoms with Gasteiger partial charge >= 0.3 is 6.09 Å². The van der Waals surface area contributed by atoms with Gasteiger partial charge in [-0.1, -0.05) is 38.9 Å². The number of nitrogens with zero attached hydrogens (tertiary/aromatic N) is 3. The van der Waals surface area contributed by atoms with Crippen molar-refractivity contribution in [3.8, 4) is 0 Å². The summed E-state index contributed by atoms with van der Waals surface area (Å²) >= 11 is 3.54. The van der Waals surface area contributed by atoms with Gasteiger partial charge in [0.25, 0.3) is 0 Å². The molecule has 0 aliphatic carbocycles. The van der Waals surface area contributed by atoms with Crippen LogP contribution in [0.4, 0.5) is 9.18 Å². The Labute approximate surface area is 231 Å². The third-order valence-corrected chi connectivity index (χ3v) is 17.9. The molecule has 0 unspecified atom stereocenters. The molecule has 3 rings (SSSR count). The van der Waals surface area contributed by atoms with Crippen molar-refractivity contribution in [2.45, 2.75) is 114 Å². The zero-order chi connectivity index (χ0) is 28.0. The number of halogens is 2. The lowest BCUT2D eigenvalue weighted by Crippen LogP contribution is -2.63. The molecule has 208 valence electrons. The molecule has 3 atom stereocenters. The number of carbonyl (C=O) groups excluding carboxylic acids is 1. The Morgan fingerprint density at radius 1 is 1.24 bits per heavy atom. The first kappa shape index (κ1) is 30.2. The van der Waals surface area contributed by atoms with Gasteiger partial charge in [-0.2, -0.15) is 0 Å². The number of rotatable bonds is 5. The molecular formula is C26H42BrFN4O3SSi. The summed E-state index contributed by atoms with van der Waals surface area (Å²) in [7, 11) is -5.12. The van der Waals surface area contributed by atoms with Crippen molar-refractivity contribution < 1.29 is 18.1 Å². The van der Waals surface area contributed by atoms with Crippen LogP contribution in [0.25, 0.3) is 0 Å². The third-order valence-electron chi connectivity index (χ3n) is 8.19. The Morgan fingerprint density at radius 2 is 1.84 bits per heavy atom. The van der Waals surface area contributed by atoms with Gasteiger partial charge in [0, 0.05) is 6.54 Å². The lowest BCUT2D eigenvalue weighted by molar-refractivity contribution is 0.0560. The van der Waals surface area contributed by atoms with E-state index in [4.69, 9.17) is 9.73 Å². The first-order valence-corrected chi connectivity index (χ1v) is 18.2. The number of aliphatic imine (C=N–C) groups is 1. The predicted molar refractivity (Wildman–Crippen MR) is 155 cm³/mol.